The second kappa shape index (κ2) is 23.8. The van der Waals surface area contributed by atoms with Gasteiger partial charge in [-0.3, -0.25) is 19.6 Å². The fourth-order valence-corrected chi connectivity index (χ4v) is 11.0. The first-order valence-electron chi connectivity index (χ1n) is 26.9. The van der Waals surface area contributed by atoms with Crippen molar-refractivity contribution in [1.82, 2.24) is 9.97 Å². The Morgan fingerprint density at radius 2 is 1.17 bits per heavy atom. The van der Waals surface area contributed by atoms with Crippen LogP contribution in [0.3, 0.4) is 0 Å². The van der Waals surface area contributed by atoms with E-state index in [9.17, 15) is 28.0 Å². The standard InChI is InChI=1S/C39H46FNO6.C26H24FNO3/c1-23(2)35-30(18-17-26-21-27(46-39(6,7)45-26)22-33(42)47-38(3,4)5)34(25-16-19-32(40)31(20-25)37(43)44-8)29-15-11-13-24-12-9-10-14-28(24)36(29)41-35;1-15(2)24-21(14-29)23(17-11-12-22(27)20(13-17)26(30)31-3)19-10-6-8-16-7-4-5-9-18(16)25(19)28-24/h9-10,12,14,16-20,23,26-27H,11,13,15,21-22H2,1-8H3;4-5,7,9,11-15H,6,8,10H2,1-3H3/b18-17+;/t26-,27-;/m1./s1. The lowest BCUT2D eigenvalue weighted by Crippen LogP contribution is -2.45. The summed E-state index contributed by atoms with van der Waals surface area (Å²) >= 11 is 0. The minimum absolute atomic E-state index is 0.0141. The van der Waals surface area contributed by atoms with Gasteiger partial charge in [-0.25, -0.2) is 18.4 Å². The maximum Gasteiger partial charge on any atom is 0.340 e. The van der Waals surface area contributed by atoms with Crippen LogP contribution in [0.2, 0.25) is 0 Å². The van der Waals surface area contributed by atoms with Gasteiger partial charge in [0.05, 0.1) is 66.8 Å². The lowest BCUT2D eigenvalue weighted by molar-refractivity contribution is -0.290. The van der Waals surface area contributed by atoms with Crippen LogP contribution in [0.4, 0.5) is 8.78 Å². The fraction of sp³-hybridized carbons (Fsp3) is 0.385. The molecule has 1 fully saturated rings. The smallest absolute Gasteiger partial charge is 0.340 e. The summed E-state index contributed by atoms with van der Waals surface area (Å²) in [6, 6.07) is 25.5. The van der Waals surface area contributed by atoms with Crippen molar-refractivity contribution >= 4 is 30.3 Å². The van der Waals surface area contributed by atoms with Gasteiger partial charge in [-0.2, -0.15) is 0 Å². The highest BCUT2D eigenvalue weighted by Gasteiger charge is 2.37. The number of aromatic nitrogens is 2. The van der Waals surface area contributed by atoms with Crippen LogP contribution in [0.15, 0.2) is 91.0 Å². The molecule has 0 spiro atoms. The molecule has 4 aromatic carbocycles. The van der Waals surface area contributed by atoms with Gasteiger partial charge in [-0.05, 0) is 154 Å². The first kappa shape index (κ1) is 57.0. The Morgan fingerprint density at radius 3 is 1.63 bits per heavy atom. The Bertz CT molecular complexity index is 3300. The van der Waals surface area contributed by atoms with E-state index < -0.39 is 41.1 Å². The second-order valence-corrected chi connectivity index (χ2v) is 22.2. The van der Waals surface area contributed by atoms with Crippen molar-refractivity contribution in [3.63, 3.8) is 0 Å². The highest BCUT2D eigenvalue weighted by Crippen LogP contribution is 2.44. The minimum Gasteiger partial charge on any atom is -0.465 e. The Kier molecular flexibility index (Phi) is 17.4. The van der Waals surface area contributed by atoms with E-state index in [1.54, 1.807) is 18.2 Å². The Labute approximate surface area is 456 Å². The maximum atomic E-state index is 14.9. The molecule has 0 bridgehead atoms. The highest BCUT2D eigenvalue weighted by molar-refractivity contribution is 5.97. The number of nitrogens with zero attached hydrogens (tertiary/aromatic N) is 2. The zero-order valence-corrected chi connectivity index (χ0v) is 46.6. The van der Waals surface area contributed by atoms with Gasteiger partial charge < -0.3 is 23.7 Å². The number of hydrogen-bond acceptors (Lipinski definition) is 11. The van der Waals surface area contributed by atoms with Crippen LogP contribution < -0.4 is 0 Å². The quantitative estimate of drug-likeness (QED) is 0.0696. The fourth-order valence-electron chi connectivity index (χ4n) is 11.0. The number of benzene rings is 4. The van der Waals surface area contributed by atoms with Crippen LogP contribution in [-0.4, -0.2) is 72.0 Å². The number of aldehydes is 1. The van der Waals surface area contributed by atoms with E-state index in [1.165, 1.54) is 43.5 Å². The molecule has 408 valence electrons. The molecule has 0 N–H and O–H groups in total. The third-order valence-electron chi connectivity index (χ3n) is 14.2. The molecule has 2 aromatic heterocycles. The zero-order valence-electron chi connectivity index (χ0n) is 46.6. The average molecular weight is 1060 g/mol. The van der Waals surface area contributed by atoms with Crippen LogP contribution >= 0.6 is 0 Å². The summed E-state index contributed by atoms with van der Waals surface area (Å²) in [7, 11) is 2.47. The Balaban J connectivity index is 0.000000224. The summed E-state index contributed by atoms with van der Waals surface area (Å²) in [6.07, 6.45) is 9.81. The van der Waals surface area contributed by atoms with Gasteiger partial charge in [0.2, 0.25) is 0 Å². The third kappa shape index (κ3) is 12.5. The molecule has 0 unspecified atom stereocenters. The zero-order chi connectivity index (χ0) is 56.2. The van der Waals surface area contributed by atoms with Gasteiger partial charge in [0.1, 0.15) is 17.2 Å². The topological polar surface area (TPSA) is 140 Å². The molecule has 13 heteroatoms. The number of carbonyl (C=O) groups excluding carboxylic acids is 4. The van der Waals surface area contributed by atoms with E-state index in [1.807, 2.05) is 78.8 Å². The predicted molar refractivity (Wildman–Crippen MR) is 298 cm³/mol. The molecule has 1 saturated heterocycles. The normalized spacial score (nSPS) is 16.6. The molecule has 11 nitrogen and oxygen atoms in total. The molecule has 0 radical (unpaired) electrons. The molecule has 6 aromatic rings. The van der Waals surface area contributed by atoms with Gasteiger partial charge in [0, 0.05) is 28.7 Å². The minimum atomic E-state index is -0.925. The van der Waals surface area contributed by atoms with Crippen molar-refractivity contribution in [2.45, 2.75) is 149 Å². The first-order valence-corrected chi connectivity index (χ1v) is 26.9. The summed E-state index contributed by atoms with van der Waals surface area (Å²) in [5.41, 5.74) is 13.5. The number of esters is 3. The van der Waals surface area contributed by atoms with Crippen LogP contribution in [-0.2, 0) is 54.2 Å². The molecule has 78 heavy (non-hydrogen) atoms. The van der Waals surface area contributed by atoms with Crippen molar-refractivity contribution in [1.29, 1.82) is 0 Å². The second-order valence-electron chi connectivity index (χ2n) is 22.2. The number of rotatable bonds is 11. The summed E-state index contributed by atoms with van der Waals surface area (Å²) in [6.45, 7) is 17.4. The van der Waals surface area contributed by atoms with E-state index in [0.29, 0.717) is 28.8 Å². The molecule has 2 aliphatic carbocycles. The molecule has 3 heterocycles. The maximum absolute atomic E-state index is 14.9. The van der Waals surface area contributed by atoms with Gasteiger partial charge in [0.25, 0.3) is 0 Å². The summed E-state index contributed by atoms with van der Waals surface area (Å²) < 4.78 is 56.9. The number of hydrogen-bond donors (Lipinski definition) is 0. The van der Waals surface area contributed by atoms with E-state index in [4.69, 9.17) is 33.7 Å². The number of ether oxygens (including phenoxy) is 5. The highest BCUT2D eigenvalue weighted by atomic mass is 19.1. The number of fused-ring (bicyclic) bond motifs is 6. The first-order chi connectivity index (χ1) is 37.1. The Morgan fingerprint density at radius 1 is 0.692 bits per heavy atom. The molecule has 0 amide bonds. The van der Waals surface area contributed by atoms with Crippen molar-refractivity contribution in [3.05, 3.63) is 159 Å². The molecule has 1 aliphatic heterocycles. The molecule has 3 aliphatic rings. The van der Waals surface area contributed by atoms with Crippen molar-refractivity contribution < 1.29 is 51.6 Å². The summed E-state index contributed by atoms with van der Waals surface area (Å²) in [5.74, 6) is -3.96. The lowest BCUT2D eigenvalue weighted by Gasteiger charge is -2.40. The van der Waals surface area contributed by atoms with Crippen LogP contribution in [0.5, 0.6) is 0 Å². The van der Waals surface area contributed by atoms with Crippen molar-refractivity contribution in [3.8, 4) is 44.8 Å². The van der Waals surface area contributed by atoms with Gasteiger partial charge in [-0.15, -0.1) is 0 Å². The number of aryl methyl sites for hydroxylation is 2. The number of carbonyl (C=O) groups is 4. The summed E-state index contributed by atoms with van der Waals surface area (Å²) in [5, 5.41) is 0. The third-order valence-corrected chi connectivity index (χ3v) is 14.2. The number of methoxy groups -OCH3 is 2. The monoisotopic (exact) mass is 1060 g/mol. The van der Waals surface area contributed by atoms with Crippen molar-refractivity contribution in [2.24, 2.45) is 0 Å². The van der Waals surface area contributed by atoms with Gasteiger partial charge in [0.15, 0.2) is 12.1 Å². The van der Waals surface area contributed by atoms with Crippen LogP contribution in [0.25, 0.3) is 50.8 Å². The largest absolute Gasteiger partial charge is 0.465 e. The number of halogens is 2. The lowest BCUT2D eigenvalue weighted by atomic mass is 9.86. The molecule has 9 rings (SSSR count). The molecule has 0 saturated carbocycles. The Hall–Kier alpha value is -7.22. The van der Waals surface area contributed by atoms with Crippen LogP contribution in [0.1, 0.15) is 170 Å². The number of pyridine rings is 2. The summed E-state index contributed by atoms with van der Waals surface area (Å²) in [4.78, 5) is 60.0. The van der Waals surface area contributed by atoms with Gasteiger partial charge >= 0.3 is 17.9 Å². The molecule has 2 atom stereocenters. The van der Waals surface area contributed by atoms with E-state index in [-0.39, 0.29) is 41.5 Å². The SMILES string of the molecule is COC(=O)c1cc(-c2c(/C=C/[C@@H]3C[C@H](CC(=O)OC(C)(C)C)OC(C)(C)O3)c(C(C)C)nc3c2CCCc2ccccc2-3)ccc1F.COC(=O)c1cc(-c2c(C=O)c(C(C)C)nc3c2CCCc2ccccc2-3)ccc1F. The van der Waals surface area contributed by atoms with E-state index >= 15 is 0 Å². The molecular formula is C65H70F2N2O9. The average Bonchev–Trinajstić information content (AvgIpc) is 3.74. The predicted octanol–water partition coefficient (Wildman–Crippen LogP) is 14.4. The van der Waals surface area contributed by atoms with Gasteiger partial charge in [-0.1, -0.05) is 101 Å². The molecular weight excluding hydrogens is 991 g/mol. The van der Waals surface area contributed by atoms with E-state index in [0.717, 1.165) is 101 Å². The van der Waals surface area contributed by atoms with Crippen molar-refractivity contribution in [2.75, 3.05) is 14.2 Å². The van der Waals surface area contributed by atoms with E-state index in [2.05, 4.69) is 44.2 Å². The van der Waals surface area contributed by atoms with Crippen LogP contribution in [0, 0.1) is 11.6 Å².